The Morgan fingerprint density at radius 3 is 2.60 bits per heavy atom. The maximum absolute atomic E-state index is 12.3. The fourth-order valence-corrected chi connectivity index (χ4v) is 3.53. The largest absolute Gasteiger partial charge is 0.456 e. The molecule has 0 radical (unpaired) electrons. The highest BCUT2D eigenvalue weighted by molar-refractivity contribution is 9.10. The second-order valence-electron chi connectivity index (χ2n) is 5.79. The normalized spacial score (nSPS) is 17.0. The van der Waals surface area contributed by atoms with Gasteiger partial charge in [-0.15, -0.1) is 0 Å². The molecule has 0 spiro atoms. The minimum absolute atomic E-state index is 0.312. The van der Waals surface area contributed by atoms with Crippen LogP contribution in [-0.2, 0) is 4.74 Å². The molecule has 0 atom stereocenters. The Hall–Kier alpha value is -0.580. The van der Waals surface area contributed by atoms with E-state index >= 15 is 0 Å². The fourth-order valence-electron chi connectivity index (χ4n) is 2.67. The molecule has 1 aromatic rings. The van der Waals surface area contributed by atoms with E-state index in [2.05, 4.69) is 21.2 Å². The van der Waals surface area contributed by atoms with Crippen molar-refractivity contribution in [3.8, 4) is 0 Å². The van der Waals surface area contributed by atoms with E-state index in [1.54, 1.807) is 18.2 Å². The van der Waals surface area contributed by atoms with Crippen LogP contribution in [0.4, 0.5) is 0 Å². The highest BCUT2D eigenvalue weighted by Gasteiger charge is 2.35. The SMILES string of the molecule is CC(C)(OC(=O)c1cc(Cl)cc(Br)c1)C1CC[NH2+]CC1. The molecule has 1 fully saturated rings. The number of quaternary nitrogens is 1. The van der Waals surface area contributed by atoms with Crippen molar-refractivity contribution in [1.29, 1.82) is 0 Å². The maximum Gasteiger partial charge on any atom is 0.338 e. The summed E-state index contributed by atoms with van der Waals surface area (Å²) in [6.07, 6.45) is 2.17. The first kappa shape index (κ1) is 15.8. The maximum atomic E-state index is 12.3. The molecule has 2 rings (SSSR count). The summed E-state index contributed by atoms with van der Waals surface area (Å²) in [6.45, 7) is 6.21. The van der Waals surface area contributed by atoms with Gasteiger partial charge < -0.3 is 10.1 Å². The van der Waals surface area contributed by atoms with E-state index in [0.29, 0.717) is 16.5 Å². The van der Waals surface area contributed by atoms with Crippen molar-refractivity contribution in [1.82, 2.24) is 0 Å². The Bertz CT molecular complexity index is 478. The Morgan fingerprint density at radius 1 is 1.35 bits per heavy atom. The van der Waals surface area contributed by atoms with Crippen LogP contribution in [0.1, 0.15) is 37.0 Å². The summed E-state index contributed by atoms with van der Waals surface area (Å²) in [6, 6.07) is 5.12. The monoisotopic (exact) mass is 360 g/mol. The Labute approximate surface area is 133 Å². The van der Waals surface area contributed by atoms with Crippen molar-refractivity contribution in [3.63, 3.8) is 0 Å². The third-order valence-electron chi connectivity index (χ3n) is 3.88. The quantitative estimate of drug-likeness (QED) is 0.841. The number of hydrogen-bond donors (Lipinski definition) is 1. The van der Waals surface area contributed by atoms with Crippen LogP contribution in [0, 0.1) is 5.92 Å². The molecule has 1 saturated heterocycles. The van der Waals surface area contributed by atoms with Crippen LogP contribution in [0.3, 0.4) is 0 Å². The number of rotatable bonds is 3. The van der Waals surface area contributed by atoms with E-state index < -0.39 is 5.60 Å². The van der Waals surface area contributed by atoms with Crippen molar-refractivity contribution in [3.05, 3.63) is 33.3 Å². The van der Waals surface area contributed by atoms with Gasteiger partial charge in [0.05, 0.1) is 18.7 Å². The van der Waals surface area contributed by atoms with Gasteiger partial charge in [0.15, 0.2) is 0 Å². The second kappa shape index (κ2) is 6.46. The van der Waals surface area contributed by atoms with Gasteiger partial charge >= 0.3 is 5.97 Å². The number of nitrogens with two attached hydrogens (primary N) is 1. The van der Waals surface area contributed by atoms with E-state index in [1.807, 2.05) is 13.8 Å². The van der Waals surface area contributed by atoms with Crippen LogP contribution in [0.25, 0.3) is 0 Å². The molecule has 3 nitrogen and oxygen atoms in total. The summed E-state index contributed by atoms with van der Waals surface area (Å²) in [5, 5.41) is 2.83. The van der Waals surface area contributed by atoms with Gasteiger partial charge in [-0.25, -0.2) is 4.79 Å². The van der Waals surface area contributed by atoms with Gasteiger partial charge in [-0.3, -0.25) is 0 Å². The third kappa shape index (κ3) is 3.96. The number of halogens is 2. The Balaban J connectivity index is 2.09. The molecule has 0 aromatic heterocycles. The van der Waals surface area contributed by atoms with Gasteiger partial charge in [-0.05, 0) is 32.0 Å². The van der Waals surface area contributed by atoms with Gasteiger partial charge in [0, 0.05) is 28.3 Å². The van der Waals surface area contributed by atoms with Crippen LogP contribution in [0.2, 0.25) is 5.02 Å². The number of piperidine rings is 1. The molecule has 1 aromatic carbocycles. The lowest BCUT2D eigenvalue weighted by atomic mass is 9.83. The van der Waals surface area contributed by atoms with Gasteiger partial charge in [0.25, 0.3) is 0 Å². The summed E-state index contributed by atoms with van der Waals surface area (Å²) in [5.74, 6) is 0.104. The average molecular weight is 362 g/mol. The van der Waals surface area contributed by atoms with Gasteiger partial charge in [-0.2, -0.15) is 0 Å². The molecule has 2 N–H and O–H groups in total. The van der Waals surface area contributed by atoms with Crippen molar-refractivity contribution in [2.24, 2.45) is 5.92 Å². The van der Waals surface area contributed by atoms with E-state index in [4.69, 9.17) is 16.3 Å². The van der Waals surface area contributed by atoms with Gasteiger partial charge in [-0.1, -0.05) is 27.5 Å². The summed E-state index contributed by atoms with van der Waals surface area (Å²) in [7, 11) is 0. The number of benzene rings is 1. The molecule has 20 heavy (non-hydrogen) atoms. The Morgan fingerprint density at radius 2 is 2.00 bits per heavy atom. The zero-order chi connectivity index (χ0) is 14.8. The van der Waals surface area contributed by atoms with Crippen molar-refractivity contribution in [2.45, 2.75) is 32.3 Å². The fraction of sp³-hybridized carbons (Fsp3) is 0.533. The number of esters is 1. The van der Waals surface area contributed by atoms with E-state index in [-0.39, 0.29) is 5.97 Å². The van der Waals surface area contributed by atoms with Crippen LogP contribution < -0.4 is 5.32 Å². The van der Waals surface area contributed by atoms with Crippen LogP contribution >= 0.6 is 27.5 Å². The zero-order valence-electron chi connectivity index (χ0n) is 11.8. The third-order valence-corrected chi connectivity index (χ3v) is 4.55. The second-order valence-corrected chi connectivity index (χ2v) is 7.14. The molecule has 0 aliphatic carbocycles. The molecule has 1 heterocycles. The lowest BCUT2D eigenvalue weighted by molar-refractivity contribution is -0.665. The minimum Gasteiger partial charge on any atom is -0.456 e. The van der Waals surface area contributed by atoms with Crippen molar-refractivity contribution in [2.75, 3.05) is 13.1 Å². The number of carbonyl (C=O) groups is 1. The highest BCUT2D eigenvalue weighted by Crippen LogP contribution is 2.29. The number of carbonyl (C=O) groups excluding carboxylic acids is 1. The number of ether oxygens (including phenoxy) is 1. The van der Waals surface area contributed by atoms with Crippen molar-refractivity contribution < 1.29 is 14.8 Å². The zero-order valence-corrected chi connectivity index (χ0v) is 14.1. The van der Waals surface area contributed by atoms with Crippen LogP contribution in [0.15, 0.2) is 22.7 Å². The number of hydrogen-bond acceptors (Lipinski definition) is 2. The first-order valence-corrected chi connectivity index (χ1v) is 8.07. The van der Waals surface area contributed by atoms with Crippen molar-refractivity contribution >= 4 is 33.5 Å². The predicted octanol–water partition coefficient (Wildman–Crippen LogP) is 3.01. The molecule has 1 aliphatic rings. The van der Waals surface area contributed by atoms with E-state index in [9.17, 15) is 4.79 Å². The average Bonchev–Trinajstić information content (AvgIpc) is 2.38. The first-order valence-electron chi connectivity index (χ1n) is 6.89. The van der Waals surface area contributed by atoms with Gasteiger partial charge in [0.2, 0.25) is 0 Å². The molecule has 1 aliphatic heterocycles. The van der Waals surface area contributed by atoms with Crippen LogP contribution in [0.5, 0.6) is 0 Å². The molecule has 0 unspecified atom stereocenters. The first-order chi connectivity index (χ1) is 9.38. The van der Waals surface area contributed by atoms with E-state index in [0.717, 1.165) is 30.4 Å². The smallest absolute Gasteiger partial charge is 0.338 e. The molecule has 110 valence electrons. The highest BCUT2D eigenvalue weighted by atomic mass is 79.9. The molecular weight excluding hydrogens is 342 g/mol. The van der Waals surface area contributed by atoms with Crippen LogP contribution in [-0.4, -0.2) is 24.7 Å². The minimum atomic E-state index is -0.444. The predicted molar refractivity (Wildman–Crippen MR) is 83.0 cm³/mol. The summed E-state index contributed by atoms with van der Waals surface area (Å²) >= 11 is 9.31. The summed E-state index contributed by atoms with van der Waals surface area (Å²) < 4.78 is 6.52. The molecule has 0 bridgehead atoms. The summed E-state index contributed by atoms with van der Waals surface area (Å²) in [4.78, 5) is 12.3. The molecule has 0 saturated carbocycles. The topological polar surface area (TPSA) is 42.9 Å². The molecule has 0 amide bonds. The van der Waals surface area contributed by atoms with Gasteiger partial charge in [0.1, 0.15) is 5.60 Å². The Kier molecular flexibility index (Phi) is 5.10. The lowest BCUT2D eigenvalue weighted by Gasteiger charge is -2.35. The summed E-state index contributed by atoms with van der Waals surface area (Å²) in [5.41, 5.74) is 0.0416. The lowest BCUT2D eigenvalue weighted by Crippen LogP contribution is -2.86. The molecule has 5 heteroatoms. The van der Waals surface area contributed by atoms with E-state index in [1.165, 1.54) is 0 Å². The molecular formula is C15H20BrClNO2+. The standard InChI is InChI=1S/C15H19BrClNO2/c1-15(2,11-3-5-18-6-4-11)20-14(19)10-7-12(16)9-13(17)8-10/h7-9,11,18H,3-6H2,1-2H3/p+1.